The molecule has 0 fully saturated rings. The van der Waals surface area contributed by atoms with E-state index in [1.54, 1.807) is 56.4 Å². The molecule has 0 saturated heterocycles. The molecule has 2 rings (SSSR count). The van der Waals surface area contributed by atoms with E-state index in [9.17, 15) is 8.42 Å². The maximum atomic E-state index is 12.4. The maximum absolute atomic E-state index is 12.4. The molecule has 1 aromatic carbocycles. The zero-order valence-electron chi connectivity index (χ0n) is 11.7. The molecule has 2 aromatic rings. The van der Waals surface area contributed by atoms with Gasteiger partial charge in [0.2, 0.25) is 0 Å². The first-order chi connectivity index (χ1) is 9.96. The van der Waals surface area contributed by atoms with Gasteiger partial charge in [-0.25, -0.2) is 13.4 Å². The number of benzene rings is 1. The van der Waals surface area contributed by atoms with Gasteiger partial charge in [-0.1, -0.05) is 12.1 Å². The van der Waals surface area contributed by atoms with Crippen LogP contribution in [-0.4, -0.2) is 18.7 Å². The van der Waals surface area contributed by atoms with Gasteiger partial charge in [0.1, 0.15) is 11.9 Å². The number of para-hydroxylation sites is 1. The Morgan fingerprint density at radius 1 is 1.19 bits per heavy atom. The monoisotopic (exact) mass is 301 g/mol. The summed E-state index contributed by atoms with van der Waals surface area (Å²) in [7, 11) is -3.42. The van der Waals surface area contributed by atoms with Crippen LogP contribution >= 0.6 is 0 Å². The topological polar surface area (TPSA) is 82.8 Å². The Hall–Kier alpha value is -2.39. The number of nitrogens with one attached hydrogen (secondary N) is 1. The molecule has 0 saturated carbocycles. The highest BCUT2D eigenvalue weighted by atomic mass is 32.2. The van der Waals surface area contributed by atoms with Gasteiger partial charge in [-0.05, 0) is 38.1 Å². The second-order valence-corrected chi connectivity index (χ2v) is 7.20. The molecule has 0 spiro atoms. The second kappa shape index (κ2) is 5.94. The number of nitrogens with zero attached hydrogens (tertiary/aromatic N) is 2. The van der Waals surface area contributed by atoms with E-state index in [0.717, 1.165) is 0 Å². The summed E-state index contributed by atoms with van der Waals surface area (Å²) in [4.78, 5) is 4.29. The van der Waals surface area contributed by atoms with Crippen molar-refractivity contribution in [2.45, 2.75) is 24.0 Å². The van der Waals surface area contributed by atoms with E-state index < -0.39 is 15.1 Å². The molecule has 0 atom stereocenters. The van der Waals surface area contributed by atoms with Crippen LogP contribution < -0.4 is 5.32 Å². The number of rotatable bonds is 4. The first-order valence-corrected chi connectivity index (χ1v) is 7.96. The van der Waals surface area contributed by atoms with Crippen LogP contribution in [0.5, 0.6) is 0 Å². The molecule has 21 heavy (non-hydrogen) atoms. The fraction of sp³-hybridized carbons (Fsp3) is 0.200. The van der Waals surface area contributed by atoms with Crippen molar-refractivity contribution < 1.29 is 8.42 Å². The van der Waals surface area contributed by atoms with Gasteiger partial charge in [-0.15, -0.1) is 0 Å². The Morgan fingerprint density at radius 3 is 2.57 bits per heavy atom. The van der Waals surface area contributed by atoms with E-state index in [-0.39, 0.29) is 4.90 Å². The largest absolute Gasteiger partial charge is 0.338 e. The summed E-state index contributed by atoms with van der Waals surface area (Å²) < 4.78 is 24.7. The van der Waals surface area contributed by atoms with Crippen LogP contribution in [0, 0.1) is 11.3 Å². The Kier molecular flexibility index (Phi) is 4.24. The molecule has 0 unspecified atom stereocenters. The summed E-state index contributed by atoms with van der Waals surface area (Å²) in [5.74, 6) is 0.339. The molecule has 0 aliphatic carbocycles. The van der Waals surface area contributed by atoms with Crippen molar-refractivity contribution in [1.29, 1.82) is 5.26 Å². The quantitative estimate of drug-likeness (QED) is 0.938. The van der Waals surface area contributed by atoms with E-state index in [2.05, 4.69) is 10.3 Å². The van der Waals surface area contributed by atoms with Crippen LogP contribution in [0.1, 0.15) is 19.4 Å². The van der Waals surface area contributed by atoms with Crippen molar-refractivity contribution in [2.75, 3.05) is 5.32 Å². The summed E-state index contributed by atoms with van der Waals surface area (Å²) in [5.41, 5.74) is 0.774. The minimum atomic E-state index is -3.42. The number of aromatic nitrogens is 1. The molecule has 108 valence electrons. The van der Waals surface area contributed by atoms with E-state index in [4.69, 9.17) is 5.26 Å². The predicted octanol–water partition coefficient (Wildman–Crippen LogP) is 2.88. The molecule has 6 heteroatoms. The fourth-order valence-electron chi connectivity index (χ4n) is 1.79. The third-order valence-corrected chi connectivity index (χ3v) is 5.21. The number of hydrogen-bond donors (Lipinski definition) is 1. The van der Waals surface area contributed by atoms with Crippen LogP contribution in [0.4, 0.5) is 11.5 Å². The summed E-state index contributed by atoms with van der Waals surface area (Å²) in [6, 6.07) is 11.9. The van der Waals surface area contributed by atoms with Crippen molar-refractivity contribution in [3.63, 3.8) is 0 Å². The van der Waals surface area contributed by atoms with Crippen LogP contribution in [0.25, 0.3) is 0 Å². The highest BCUT2D eigenvalue weighted by Crippen LogP contribution is 2.27. The first-order valence-electron chi connectivity index (χ1n) is 6.42. The second-order valence-electron chi connectivity index (χ2n) is 4.73. The van der Waals surface area contributed by atoms with Gasteiger partial charge < -0.3 is 5.32 Å². The number of anilines is 2. The molecule has 0 radical (unpaired) electrons. The van der Waals surface area contributed by atoms with Crippen LogP contribution in [0.3, 0.4) is 0 Å². The third kappa shape index (κ3) is 3.03. The van der Waals surface area contributed by atoms with Gasteiger partial charge in [-0.3, -0.25) is 0 Å². The smallest absolute Gasteiger partial charge is 0.182 e. The molecule has 1 aromatic heterocycles. The number of hydrogen-bond acceptors (Lipinski definition) is 5. The predicted molar refractivity (Wildman–Crippen MR) is 81.0 cm³/mol. The Balaban J connectivity index is 2.50. The zero-order valence-corrected chi connectivity index (χ0v) is 12.6. The zero-order chi connectivity index (χ0) is 15.5. The molecule has 0 aliphatic heterocycles. The Bertz CT molecular complexity index is 793. The Morgan fingerprint density at radius 2 is 1.90 bits per heavy atom. The van der Waals surface area contributed by atoms with Gasteiger partial charge in [0, 0.05) is 6.20 Å². The summed E-state index contributed by atoms with van der Waals surface area (Å²) in [5, 5.41) is 11.5. The van der Waals surface area contributed by atoms with E-state index >= 15 is 0 Å². The van der Waals surface area contributed by atoms with Gasteiger partial charge in [0.15, 0.2) is 9.84 Å². The van der Waals surface area contributed by atoms with Crippen molar-refractivity contribution in [1.82, 2.24) is 4.98 Å². The molecular formula is C15H15N3O2S. The van der Waals surface area contributed by atoms with Crippen LogP contribution in [0.2, 0.25) is 0 Å². The highest BCUT2D eigenvalue weighted by molar-refractivity contribution is 7.92. The minimum absolute atomic E-state index is 0.203. The molecular weight excluding hydrogens is 286 g/mol. The standard InChI is InChI=1S/C15H15N3O2S/c1-11(2)21(19,20)14-8-4-3-7-13(14)18-15-12(10-16)6-5-9-17-15/h3-9,11H,1-2H3,(H,17,18). The minimum Gasteiger partial charge on any atom is -0.338 e. The molecule has 0 aliphatic rings. The lowest BCUT2D eigenvalue weighted by Crippen LogP contribution is -2.15. The Labute approximate surface area is 124 Å². The number of sulfone groups is 1. The van der Waals surface area contributed by atoms with Gasteiger partial charge in [0.05, 0.1) is 21.4 Å². The lowest BCUT2D eigenvalue weighted by molar-refractivity contribution is 0.588. The van der Waals surface area contributed by atoms with Crippen molar-refractivity contribution in [3.8, 4) is 6.07 Å². The van der Waals surface area contributed by atoms with Crippen molar-refractivity contribution in [2.24, 2.45) is 0 Å². The normalized spacial score (nSPS) is 11.1. The number of pyridine rings is 1. The summed E-state index contributed by atoms with van der Waals surface area (Å²) >= 11 is 0. The van der Waals surface area contributed by atoms with Gasteiger partial charge in [-0.2, -0.15) is 5.26 Å². The van der Waals surface area contributed by atoms with Crippen molar-refractivity contribution >= 4 is 21.3 Å². The lowest BCUT2D eigenvalue weighted by Gasteiger charge is -2.14. The highest BCUT2D eigenvalue weighted by Gasteiger charge is 2.22. The van der Waals surface area contributed by atoms with Crippen LogP contribution in [0.15, 0.2) is 47.5 Å². The SMILES string of the molecule is CC(C)S(=O)(=O)c1ccccc1Nc1ncccc1C#N. The lowest BCUT2D eigenvalue weighted by atomic mass is 10.2. The molecule has 0 amide bonds. The van der Waals surface area contributed by atoms with Crippen LogP contribution in [-0.2, 0) is 9.84 Å². The van der Waals surface area contributed by atoms with E-state index in [1.807, 2.05) is 6.07 Å². The number of nitriles is 1. The first kappa shape index (κ1) is 15.0. The third-order valence-electron chi connectivity index (χ3n) is 3.00. The average Bonchev–Trinajstić information content (AvgIpc) is 2.48. The average molecular weight is 301 g/mol. The fourth-order valence-corrected chi connectivity index (χ4v) is 3.00. The van der Waals surface area contributed by atoms with Gasteiger partial charge in [0.25, 0.3) is 0 Å². The molecule has 5 nitrogen and oxygen atoms in total. The van der Waals surface area contributed by atoms with Crippen molar-refractivity contribution in [3.05, 3.63) is 48.2 Å². The molecule has 0 bridgehead atoms. The van der Waals surface area contributed by atoms with E-state index in [1.165, 1.54) is 0 Å². The maximum Gasteiger partial charge on any atom is 0.182 e. The summed E-state index contributed by atoms with van der Waals surface area (Å²) in [6.07, 6.45) is 1.54. The molecule has 1 heterocycles. The van der Waals surface area contributed by atoms with E-state index in [0.29, 0.717) is 17.1 Å². The van der Waals surface area contributed by atoms with Gasteiger partial charge >= 0.3 is 0 Å². The molecule has 1 N–H and O–H groups in total. The summed E-state index contributed by atoms with van der Waals surface area (Å²) in [6.45, 7) is 3.27.